The second-order valence-electron chi connectivity index (χ2n) is 4.12. The van der Waals surface area contributed by atoms with Gasteiger partial charge >= 0.3 is 5.97 Å². The Labute approximate surface area is 124 Å². The Morgan fingerprint density at radius 2 is 1.84 bits per heavy atom. The van der Waals surface area contributed by atoms with E-state index in [0.717, 1.165) is 0 Å². The molecule has 0 aliphatic rings. The van der Waals surface area contributed by atoms with Crippen molar-refractivity contribution in [1.29, 1.82) is 0 Å². The summed E-state index contributed by atoms with van der Waals surface area (Å²) in [5.41, 5.74) is -0.164. The fourth-order valence-electron chi connectivity index (χ4n) is 1.32. The first-order chi connectivity index (χ1) is 8.75. The molecule has 0 saturated carbocycles. The Morgan fingerprint density at radius 1 is 1.26 bits per heavy atom. The summed E-state index contributed by atoms with van der Waals surface area (Å²) in [5.74, 6) is -2.15. The normalized spacial score (nSPS) is 12.3. The highest BCUT2D eigenvalue weighted by Crippen LogP contribution is 2.31. The molecule has 1 aromatic rings. The lowest BCUT2D eigenvalue weighted by molar-refractivity contribution is -0.140. The van der Waals surface area contributed by atoms with E-state index < -0.39 is 17.9 Å². The summed E-state index contributed by atoms with van der Waals surface area (Å²) in [7, 11) is 0. The maximum absolute atomic E-state index is 11.9. The van der Waals surface area contributed by atoms with Gasteiger partial charge in [0.2, 0.25) is 0 Å². The van der Waals surface area contributed by atoms with E-state index in [4.69, 9.17) is 39.9 Å². The van der Waals surface area contributed by atoms with Crippen molar-refractivity contribution < 1.29 is 14.7 Å². The molecule has 2 N–H and O–H groups in total. The number of nitrogens with one attached hydrogen (secondary N) is 1. The van der Waals surface area contributed by atoms with Crippen molar-refractivity contribution in [2.75, 3.05) is 0 Å². The Kier molecular flexibility index (Phi) is 5.40. The van der Waals surface area contributed by atoms with Crippen LogP contribution in [0.5, 0.6) is 0 Å². The average Bonchev–Trinajstić information content (AvgIpc) is 2.32. The monoisotopic (exact) mass is 324 g/mol. The number of carboxylic acids is 1. The van der Waals surface area contributed by atoms with Gasteiger partial charge in [-0.1, -0.05) is 48.7 Å². The molecule has 1 unspecified atom stereocenters. The summed E-state index contributed by atoms with van der Waals surface area (Å²) >= 11 is 17.3. The topological polar surface area (TPSA) is 79.3 Å². The third kappa shape index (κ3) is 3.72. The molecule has 0 aliphatic carbocycles. The number of aromatic nitrogens is 1. The van der Waals surface area contributed by atoms with Crippen LogP contribution in [-0.4, -0.2) is 28.0 Å². The van der Waals surface area contributed by atoms with Crippen LogP contribution in [0.4, 0.5) is 0 Å². The number of rotatable bonds is 4. The molecule has 0 radical (unpaired) electrons. The lowest BCUT2D eigenvalue weighted by Crippen LogP contribution is -2.44. The van der Waals surface area contributed by atoms with Crippen LogP contribution in [0.1, 0.15) is 24.3 Å². The zero-order chi connectivity index (χ0) is 14.7. The Balaban J connectivity index is 3.02. The van der Waals surface area contributed by atoms with Gasteiger partial charge < -0.3 is 10.4 Å². The van der Waals surface area contributed by atoms with E-state index in [1.165, 1.54) is 6.20 Å². The van der Waals surface area contributed by atoms with Crippen LogP contribution in [0.2, 0.25) is 15.1 Å². The molecule has 5 nitrogen and oxygen atoms in total. The van der Waals surface area contributed by atoms with Crippen molar-refractivity contribution in [2.24, 2.45) is 5.92 Å². The number of carboxylic acid groups (broad SMARTS) is 1. The molecule has 1 amide bonds. The number of carbonyl (C=O) groups excluding carboxylic acids is 1. The number of nitrogens with zero attached hydrogens (tertiary/aromatic N) is 1. The summed E-state index contributed by atoms with van der Waals surface area (Å²) in [4.78, 5) is 26.7. The average molecular weight is 326 g/mol. The number of pyridine rings is 1. The van der Waals surface area contributed by atoms with Crippen molar-refractivity contribution in [3.63, 3.8) is 0 Å². The first kappa shape index (κ1) is 16.0. The summed E-state index contributed by atoms with van der Waals surface area (Å²) in [5, 5.41) is 11.3. The number of hydrogen-bond acceptors (Lipinski definition) is 3. The maximum atomic E-state index is 11.9. The summed E-state index contributed by atoms with van der Waals surface area (Å²) in [6.07, 6.45) is 1.18. The first-order valence-electron chi connectivity index (χ1n) is 5.28. The van der Waals surface area contributed by atoms with Crippen LogP contribution in [0.15, 0.2) is 6.20 Å². The molecule has 1 atom stereocenters. The van der Waals surface area contributed by atoms with Crippen molar-refractivity contribution in [2.45, 2.75) is 19.9 Å². The third-order valence-corrected chi connectivity index (χ3v) is 3.59. The van der Waals surface area contributed by atoms with E-state index in [1.54, 1.807) is 13.8 Å². The second-order valence-corrected chi connectivity index (χ2v) is 5.28. The Morgan fingerprint density at radius 3 is 2.32 bits per heavy atom. The van der Waals surface area contributed by atoms with Crippen molar-refractivity contribution in [1.82, 2.24) is 10.3 Å². The highest BCUT2D eigenvalue weighted by atomic mass is 35.5. The Hall–Kier alpha value is -1.04. The largest absolute Gasteiger partial charge is 0.480 e. The number of hydrogen-bond donors (Lipinski definition) is 2. The molecule has 1 heterocycles. The van der Waals surface area contributed by atoms with E-state index in [9.17, 15) is 9.59 Å². The van der Waals surface area contributed by atoms with Gasteiger partial charge in [0.25, 0.3) is 5.91 Å². The molecule has 1 aromatic heterocycles. The quantitative estimate of drug-likeness (QED) is 0.892. The van der Waals surface area contributed by atoms with E-state index in [1.807, 2.05) is 0 Å². The molecule has 1 rings (SSSR count). The highest BCUT2D eigenvalue weighted by molar-refractivity contribution is 6.48. The molecule has 19 heavy (non-hydrogen) atoms. The summed E-state index contributed by atoms with van der Waals surface area (Å²) < 4.78 is 0. The molecule has 0 bridgehead atoms. The van der Waals surface area contributed by atoms with Gasteiger partial charge in [0.15, 0.2) is 0 Å². The zero-order valence-corrected chi connectivity index (χ0v) is 12.3. The van der Waals surface area contributed by atoms with Gasteiger partial charge in [-0.15, -0.1) is 0 Å². The van der Waals surface area contributed by atoms with Crippen LogP contribution in [0.25, 0.3) is 0 Å². The summed E-state index contributed by atoms with van der Waals surface area (Å²) in [6.45, 7) is 3.34. The van der Waals surface area contributed by atoms with Gasteiger partial charge in [-0.05, 0) is 5.92 Å². The molecular formula is C11H11Cl3N2O3. The minimum atomic E-state index is -1.14. The first-order valence-corrected chi connectivity index (χ1v) is 6.42. The van der Waals surface area contributed by atoms with Gasteiger partial charge in [-0.25, -0.2) is 9.78 Å². The predicted octanol–water partition coefficient (Wildman–Crippen LogP) is 2.88. The lowest BCUT2D eigenvalue weighted by Gasteiger charge is -2.18. The van der Waals surface area contributed by atoms with Crippen molar-refractivity contribution in [3.8, 4) is 0 Å². The highest BCUT2D eigenvalue weighted by Gasteiger charge is 2.26. The number of aliphatic carboxylic acids is 1. The molecule has 8 heteroatoms. The molecule has 104 valence electrons. The third-order valence-electron chi connectivity index (χ3n) is 2.35. The van der Waals surface area contributed by atoms with E-state index >= 15 is 0 Å². The van der Waals surface area contributed by atoms with Gasteiger partial charge in [0.1, 0.15) is 11.7 Å². The summed E-state index contributed by atoms with van der Waals surface area (Å²) in [6, 6.07) is -1.04. The zero-order valence-electron chi connectivity index (χ0n) is 10.1. The predicted molar refractivity (Wildman–Crippen MR) is 73.0 cm³/mol. The van der Waals surface area contributed by atoms with Gasteiger partial charge in [0.05, 0.1) is 15.1 Å². The second kappa shape index (κ2) is 6.41. The van der Waals surface area contributed by atoms with E-state index in [0.29, 0.717) is 0 Å². The fraction of sp³-hybridized carbons (Fsp3) is 0.364. The minimum absolute atomic E-state index is 0.0000877. The molecule has 0 fully saturated rings. The van der Waals surface area contributed by atoms with Crippen molar-refractivity contribution >= 4 is 46.7 Å². The van der Waals surface area contributed by atoms with Gasteiger partial charge in [-0.2, -0.15) is 0 Å². The van der Waals surface area contributed by atoms with Crippen molar-refractivity contribution in [3.05, 3.63) is 27.0 Å². The standard InChI is InChI=1S/C11H11Cl3N2O3/c1-4(2)8(11(18)19)16-10(17)9-7(14)6(13)5(12)3-15-9/h3-4,8H,1-2H3,(H,16,17)(H,18,19). The Bertz CT molecular complexity index is 520. The van der Waals surface area contributed by atoms with Crippen LogP contribution in [0.3, 0.4) is 0 Å². The smallest absolute Gasteiger partial charge is 0.326 e. The van der Waals surface area contributed by atoms with Gasteiger partial charge in [-0.3, -0.25) is 4.79 Å². The van der Waals surface area contributed by atoms with Crippen LogP contribution >= 0.6 is 34.8 Å². The minimum Gasteiger partial charge on any atom is -0.480 e. The molecule has 0 aliphatic heterocycles. The molecule has 0 aromatic carbocycles. The van der Waals surface area contributed by atoms with E-state index in [-0.39, 0.29) is 26.7 Å². The number of halogens is 3. The number of carbonyl (C=O) groups is 2. The van der Waals surface area contributed by atoms with Crippen LogP contribution in [-0.2, 0) is 4.79 Å². The van der Waals surface area contributed by atoms with E-state index in [2.05, 4.69) is 10.3 Å². The molecule has 0 spiro atoms. The number of amides is 1. The van der Waals surface area contributed by atoms with Crippen LogP contribution < -0.4 is 5.32 Å². The van der Waals surface area contributed by atoms with Gasteiger partial charge in [0, 0.05) is 6.20 Å². The fourth-order valence-corrected chi connectivity index (χ4v) is 1.89. The molecular weight excluding hydrogens is 314 g/mol. The molecule has 0 saturated heterocycles. The lowest BCUT2D eigenvalue weighted by atomic mass is 10.0. The van der Waals surface area contributed by atoms with Crippen LogP contribution in [0, 0.1) is 5.92 Å². The SMILES string of the molecule is CC(C)C(NC(=O)c1ncc(Cl)c(Cl)c1Cl)C(=O)O. The maximum Gasteiger partial charge on any atom is 0.326 e.